The Kier molecular flexibility index (Phi) is 4.38. The van der Waals surface area contributed by atoms with Crippen LogP contribution in [-0.4, -0.2) is 19.7 Å². The second-order valence-electron chi connectivity index (χ2n) is 5.98. The molecule has 0 unspecified atom stereocenters. The molecule has 0 fully saturated rings. The molecule has 0 N–H and O–H groups in total. The normalized spacial score (nSPS) is 11.6. The summed E-state index contributed by atoms with van der Waals surface area (Å²) in [5, 5.41) is 4.48. The minimum Gasteiger partial charge on any atom is -0.265 e. The SMILES string of the molecule is Fc1ccc(-c2nn(-c3ccc(C(F)(F)F)cn3)cc2-c2ccncc2)cc1. The van der Waals surface area contributed by atoms with Crippen molar-refractivity contribution in [2.24, 2.45) is 0 Å². The first kappa shape index (κ1) is 17.8. The van der Waals surface area contributed by atoms with Gasteiger partial charge in [0.1, 0.15) is 11.5 Å². The number of rotatable bonds is 3. The topological polar surface area (TPSA) is 43.6 Å². The third kappa shape index (κ3) is 3.48. The summed E-state index contributed by atoms with van der Waals surface area (Å²) in [7, 11) is 0. The molecule has 0 aliphatic carbocycles. The predicted molar refractivity (Wildman–Crippen MR) is 95.0 cm³/mol. The summed E-state index contributed by atoms with van der Waals surface area (Å²) < 4.78 is 53.0. The van der Waals surface area contributed by atoms with Gasteiger partial charge < -0.3 is 0 Å². The molecule has 4 rings (SSSR count). The standard InChI is InChI=1S/C20H12F4N4/c21-16-4-1-14(2-5-16)19-17(13-7-9-25-10-8-13)12-28(27-19)18-6-3-15(11-26-18)20(22,23)24/h1-12H. The maximum Gasteiger partial charge on any atom is 0.417 e. The molecule has 0 bridgehead atoms. The van der Waals surface area contributed by atoms with E-state index in [0.29, 0.717) is 11.3 Å². The molecule has 1 aromatic carbocycles. The third-order valence-electron chi connectivity index (χ3n) is 4.13. The van der Waals surface area contributed by atoms with Crippen molar-refractivity contribution in [3.05, 3.63) is 84.7 Å². The van der Waals surface area contributed by atoms with Gasteiger partial charge in [0.2, 0.25) is 0 Å². The van der Waals surface area contributed by atoms with Crippen LogP contribution in [0.15, 0.2) is 73.3 Å². The summed E-state index contributed by atoms with van der Waals surface area (Å²) in [6.45, 7) is 0. The van der Waals surface area contributed by atoms with Crippen LogP contribution in [0, 0.1) is 5.82 Å². The number of alkyl halides is 3. The first-order chi connectivity index (χ1) is 13.4. The molecule has 28 heavy (non-hydrogen) atoms. The minimum atomic E-state index is -4.46. The zero-order valence-corrected chi connectivity index (χ0v) is 14.2. The molecular formula is C20H12F4N4. The number of halogens is 4. The lowest BCUT2D eigenvalue weighted by Crippen LogP contribution is -2.07. The molecule has 0 aliphatic heterocycles. The second kappa shape index (κ2) is 6.88. The van der Waals surface area contributed by atoms with E-state index in [2.05, 4.69) is 15.1 Å². The minimum absolute atomic E-state index is 0.233. The smallest absolute Gasteiger partial charge is 0.265 e. The molecule has 3 aromatic heterocycles. The Morgan fingerprint density at radius 3 is 2.14 bits per heavy atom. The van der Waals surface area contributed by atoms with Gasteiger partial charge in [0.25, 0.3) is 0 Å². The molecule has 8 heteroatoms. The average molecular weight is 384 g/mol. The summed E-state index contributed by atoms with van der Waals surface area (Å²) in [6.07, 6.45) is 1.22. The van der Waals surface area contributed by atoms with Gasteiger partial charge in [-0.05, 0) is 54.1 Å². The predicted octanol–water partition coefficient (Wildman–Crippen LogP) is 5.15. The van der Waals surface area contributed by atoms with Crippen molar-refractivity contribution in [1.29, 1.82) is 0 Å². The van der Waals surface area contributed by atoms with E-state index in [9.17, 15) is 17.6 Å². The van der Waals surface area contributed by atoms with Gasteiger partial charge in [-0.1, -0.05) is 0 Å². The summed E-state index contributed by atoms with van der Waals surface area (Å²) in [5.41, 5.74) is 1.91. The largest absolute Gasteiger partial charge is 0.417 e. The van der Waals surface area contributed by atoms with Gasteiger partial charge in [0.15, 0.2) is 5.82 Å². The lowest BCUT2D eigenvalue weighted by molar-refractivity contribution is -0.137. The van der Waals surface area contributed by atoms with Crippen LogP contribution in [0.4, 0.5) is 17.6 Å². The molecule has 0 atom stereocenters. The van der Waals surface area contributed by atoms with Gasteiger partial charge >= 0.3 is 6.18 Å². The van der Waals surface area contributed by atoms with Crippen LogP contribution in [0.1, 0.15) is 5.56 Å². The molecule has 0 saturated heterocycles. The highest BCUT2D eigenvalue weighted by Gasteiger charge is 2.30. The van der Waals surface area contributed by atoms with E-state index in [1.54, 1.807) is 42.9 Å². The quantitative estimate of drug-likeness (QED) is 0.459. The summed E-state index contributed by atoms with van der Waals surface area (Å²) >= 11 is 0. The molecule has 0 radical (unpaired) electrons. The molecule has 0 amide bonds. The number of hydrogen-bond donors (Lipinski definition) is 0. The number of pyridine rings is 2. The van der Waals surface area contributed by atoms with Crippen LogP contribution in [0.5, 0.6) is 0 Å². The van der Waals surface area contributed by atoms with E-state index in [1.807, 2.05) is 0 Å². The van der Waals surface area contributed by atoms with Crippen LogP contribution in [0.25, 0.3) is 28.2 Å². The van der Waals surface area contributed by atoms with Crippen LogP contribution >= 0.6 is 0 Å². The highest BCUT2D eigenvalue weighted by molar-refractivity contribution is 5.80. The maximum atomic E-state index is 13.3. The van der Waals surface area contributed by atoms with Crippen molar-refractivity contribution in [3.8, 4) is 28.2 Å². The van der Waals surface area contributed by atoms with E-state index in [4.69, 9.17) is 0 Å². The summed E-state index contributed by atoms with van der Waals surface area (Å²) in [6, 6.07) is 11.6. The number of nitrogens with zero attached hydrogens (tertiary/aromatic N) is 4. The van der Waals surface area contributed by atoms with Crippen LogP contribution in [0.3, 0.4) is 0 Å². The first-order valence-electron chi connectivity index (χ1n) is 8.21. The Hall–Kier alpha value is -3.55. The van der Waals surface area contributed by atoms with Crippen molar-refractivity contribution >= 4 is 0 Å². The van der Waals surface area contributed by atoms with Crippen molar-refractivity contribution in [2.75, 3.05) is 0 Å². The summed E-state index contributed by atoms with van der Waals surface area (Å²) in [5.74, 6) is -0.144. The van der Waals surface area contributed by atoms with Gasteiger partial charge in [-0.3, -0.25) is 4.98 Å². The fraction of sp³-hybridized carbons (Fsp3) is 0.0500. The fourth-order valence-corrected chi connectivity index (χ4v) is 2.74. The molecule has 0 saturated carbocycles. The number of aromatic nitrogens is 4. The number of hydrogen-bond acceptors (Lipinski definition) is 3. The van der Waals surface area contributed by atoms with Crippen molar-refractivity contribution < 1.29 is 17.6 Å². The van der Waals surface area contributed by atoms with Crippen LogP contribution < -0.4 is 0 Å². The zero-order chi connectivity index (χ0) is 19.7. The van der Waals surface area contributed by atoms with Crippen LogP contribution in [0.2, 0.25) is 0 Å². The van der Waals surface area contributed by atoms with E-state index in [0.717, 1.165) is 23.4 Å². The number of benzene rings is 1. The average Bonchev–Trinajstić information content (AvgIpc) is 3.14. The molecule has 4 aromatic rings. The Bertz CT molecular complexity index is 1090. The third-order valence-corrected chi connectivity index (χ3v) is 4.13. The molecule has 0 spiro atoms. The van der Waals surface area contributed by atoms with Crippen molar-refractivity contribution in [3.63, 3.8) is 0 Å². The van der Waals surface area contributed by atoms with Gasteiger partial charge in [-0.2, -0.15) is 18.3 Å². The van der Waals surface area contributed by atoms with E-state index in [-0.39, 0.29) is 11.6 Å². The first-order valence-corrected chi connectivity index (χ1v) is 8.21. The van der Waals surface area contributed by atoms with E-state index in [1.165, 1.54) is 22.9 Å². The van der Waals surface area contributed by atoms with Crippen molar-refractivity contribution in [2.45, 2.75) is 6.18 Å². The highest BCUT2D eigenvalue weighted by atomic mass is 19.4. The van der Waals surface area contributed by atoms with E-state index < -0.39 is 11.7 Å². The van der Waals surface area contributed by atoms with Gasteiger partial charge in [-0.25, -0.2) is 14.1 Å². The lowest BCUT2D eigenvalue weighted by Gasteiger charge is -2.06. The molecule has 0 aliphatic rings. The molecule has 140 valence electrons. The second-order valence-corrected chi connectivity index (χ2v) is 5.98. The Labute approximate surface area is 157 Å². The lowest BCUT2D eigenvalue weighted by atomic mass is 10.0. The maximum absolute atomic E-state index is 13.3. The fourth-order valence-electron chi connectivity index (χ4n) is 2.74. The Balaban J connectivity index is 1.82. The highest BCUT2D eigenvalue weighted by Crippen LogP contribution is 2.32. The molecule has 4 nitrogen and oxygen atoms in total. The van der Waals surface area contributed by atoms with Crippen LogP contribution in [-0.2, 0) is 6.18 Å². The van der Waals surface area contributed by atoms with Crippen molar-refractivity contribution in [1.82, 2.24) is 19.7 Å². The zero-order valence-electron chi connectivity index (χ0n) is 14.2. The Morgan fingerprint density at radius 1 is 0.821 bits per heavy atom. The van der Waals surface area contributed by atoms with Gasteiger partial charge in [0.05, 0.1) is 5.56 Å². The van der Waals surface area contributed by atoms with Gasteiger partial charge in [0, 0.05) is 35.9 Å². The molecular weight excluding hydrogens is 372 g/mol. The van der Waals surface area contributed by atoms with Gasteiger partial charge in [-0.15, -0.1) is 0 Å². The monoisotopic (exact) mass is 384 g/mol. The van der Waals surface area contributed by atoms with E-state index >= 15 is 0 Å². The summed E-state index contributed by atoms with van der Waals surface area (Å²) in [4.78, 5) is 7.87. The molecule has 3 heterocycles. The Morgan fingerprint density at radius 2 is 1.54 bits per heavy atom.